The molecule has 182 valence electrons. The molecule has 0 amide bonds. The molecule has 2 aliphatic rings. The van der Waals surface area contributed by atoms with Crippen LogP contribution >= 0.6 is 11.3 Å². The summed E-state index contributed by atoms with van der Waals surface area (Å²) in [6.45, 7) is 4.12. The molecule has 0 spiro atoms. The summed E-state index contributed by atoms with van der Waals surface area (Å²) in [6.07, 6.45) is 9.61. The van der Waals surface area contributed by atoms with E-state index in [2.05, 4.69) is 23.9 Å². The standard InChI is InChI=1S/C27H35N3O3S/c1-4-5-21(31)9-10-23-15-24-26(34-23)27(32)30(16-28-24)20-8-11-25(17(2)12-20)33-22-13-18-6-7-19(14-22)29(18)3/h8,11-12,15-16,18-19,21-22,31H,4-7,9-10,13-14H2,1-3H3/t18-,19+,21?,22?. The molecule has 4 atom stereocenters. The van der Waals surface area contributed by atoms with Crippen molar-refractivity contribution in [3.8, 4) is 11.4 Å². The van der Waals surface area contributed by atoms with Crippen LogP contribution in [0.25, 0.3) is 15.9 Å². The maximum atomic E-state index is 13.3. The third-order valence-electron chi connectivity index (χ3n) is 7.62. The van der Waals surface area contributed by atoms with Crippen molar-refractivity contribution in [2.24, 2.45) is 0 Å². The van der Waals surface area contributed by atoms with Crippen LogP contribution in [0.5, 0.6) is 5.75 Å². The number of piperidine rings is 1. The average molecular weight is 482 g/mol. The molecular weight excluding hydrogens is 446 g/mol. The molecule has 5 rings (SSSR count). The van der Waals surface area contributed by atoms with E-state index in [1.165, 1.54) is 24.2 Å². The number of aliphatic hydroxyl groups excluding tert-OH is 1. The number of aryl methyl sites for hydroxylation is 2. The van der Waals surface area contributed by atoms with Crippen LogP contribution < -0.4 is 10.3 Å². The van der Waals surface area contributed by atoms with Gasteiger partial charge in [0.25, 0.3) is 5.56 Å². The molecule has 3 aromatic rings. The van der Waals surface area contributed by atoms with Gasteiger partial charge in [-0.05, 0) is 88.7 Å². The van der Waals surface area contributed by atoms with Crippen LogP contribution in [-0.2, 0) is 6.42 Å². The molecule has 2 saturated heterocycles. The van der Waals surface area contributed by atoms with Crippen LogP contribution in [0.4, 0.5) is 0 Å². The van der Waals surface area contributed by atoms with E-state index >= 15 is 0 Å². The summed E-state index contributed by atoms with van der Waals surface area (Å²) in [5.41, 5.74) is 2.53. The van der Waals surface area contributed by atoms with Crippen LogP contribution in [0.15, 0.2) is 35.4 Å². The summed E-state index contributed by atoms with van der Waals surface area (Å²) in [5, 5.41) is 10.0. The Morgan fingerprint density at radius 3 is 2.68 bits per heavy atom. The first-order valence-electron chi connectivity index (χ1n) is 12.6. The molecule has 2 fully saturated rings. The molecule has 2 aliphatic heterocycles. The zero-order chi connectivity index (χ0) is 23.8. The zero-order valence-corrected chi connectivity index (χ0v) is 21.2. The van der Waals surface area contributed by atoms with Crippen molar-refractivity contribution >= 4 is 21.6 Å². The molecular formula is C27H35N3O3S. The van der Waals surface area contributed by atoms with Gasteiger partial charge in [0, 0.05) is 17.0 Å². The van der Waals surface area contributed by atoms with Crippen LogP contribution in [0, 0.1) is 6.92 Å². The summed E-state index contributed by atoms with van der Waals surface area (Å²) in [4.78, 5) is 21.4. The minimum Gasteiger partial charge on any atom is -0.490 e. The fourth-order valence-corrected chi connectivity index (χ4v) is 6.66. The highest BCUT2D eigenvalue weighted by molar-refractivity contribution is 7.18. The Morgan fingerprint density at radius 1 is 1.21 bits per heavy atom. The van der Waals surface area contributed by atoms with Crippen LogP contribution in [-0.4, -0.2) is 50.9 Å². The zero-order valence-electron chi connectivity index (χ0n) is 20.4. The molecule has 0 radical (unpaired) electrons. The van der Waals surface area contributed by atoms with Gasteiger partial charge in [-0.15, -0.1) is 11.3 Å². The first kappa shape index (κ1) is 23.5. The number of benzene rings is 1. The molecule has 4 heterocycles. The summed E-state index contributed by atoms with van der Waals surface area (Å²) in [5.74, 6) is 0.906. The van der Waals surface area contributed by atoms with Gasteiger partial charge in [0.05, 0.1) is 17.3 Å². The van der Waals surface area contributed by atoms with Crippen molar-refractivity contribution in [2.75, 3.05) is 7.05 Å². The van der Waals surface area contributed by atoms with Gasteiger partial charge in [0.1, 0.15) is 22.9 Å². The molecule has 6 nitrogen and oxygen atoms in total. The predicted molar refractivity (Wildman–Crippen MR) is 137 cm³/mol. The van der Waals surface area contributed by atoms with E-state index in [1.54, 1.807) is 10.9 Å². The van der Waals surface area contributed by atoms with Crippen LogP contribution in [0.2, 0.25) is 0 Å². The van der Waals surface area contributed by atoms with E-state index in [1.807, 2.05) is 31.2 Å². The lowest BCUT2D eigenvalue weighted by Gasteiger charge is -2.36. The van der Waals surface area contributed by atoms with Gasteiger partial charge in [-0.25, -0.2) is 4.98 Å². The fraction of sp³-hybridized carbons (Fsp3) is 0.556. The number of fused-ring (bicyclic) bond motifs is 3. The minimum atomic E-state index is -0.284. The van der Waals surface area contributed by atoms with Gasteiger partial charge < -0.3 is 14.7 Å². The SMILES string of the molecule is CCCC(O)CCc1cc2ncn(-c3ccc(OC4C[C@H]5CC[C@@H](C4)N5C)c(C)c3)c(=O)c2s1. The van der Waals surface area contributed by atoms with Gasteiger partial charge in [-0.2, -0.15) is 0 Å². The molecule has 1 N–H and O–H groups in total. The number of hydrogen-bond donors (Lipinski definition) is 1. The topological polar surface area (TPSA) is 67.6 Å². The minimum absolute atomic E-state index is 0.0460. The van der Waals surface area contributed by atoms with Crippen molar-refractivity contribution < 1.29 is 9.84 Å². The first-order chi connectivity index (χ1) is 16.4. The number of ether oxygens (including phenoxy) is 1. The number of thiophene rings is 1. The molecule has 34 heavy (non-hydrogen) atoms. The highest BCUT2D eigenvalue weighted by atomic mass is 32.1. The van der Waals surface area contributed by atoms with Gasteiger partial charge >= 0.3 is 0 Å². The summed E-state index contributed by atoms with van der Waals surface area (Å²) >= 11 is 1.49. The monoisotopic (exact) mass is 481 g/mol. The fourth-order valence-electron chi connectivity index (χ4n) is 5.61. The Labute approximate surface area is 205 Å². The second-order valence-electron chi connectivity index (χ2n) is 10.0. The molecule has 2 aromatic heterocycles. The van der Waals surface area contributed by atoms with E-state index < -0.39 is 0 Å². The van der Waals surface area contributed by atoms with Crippen molar-refractivity contribution in [1.82, 2.24) is 14.5 Å². The third kappa shape index (κ3) is 4.66. The van der Waals surface area contributed by atoms with Gasteiger partial charge in [-0.3, -0.25) is 9.36 Å². The maximum absolute atomic E-state index is 13.3. The first-order valence-corrected chi connectivity index (χ1v) is 13.4. The number of hydrogen-bond acceptors (Lipinski definition) is 6. The lowest BCUT2D eigenvalue weighted by molar-refractivity contribution is 0.0657. The summed E-state index contributed by atoms with van der Waals surface area (Å²) < 4.78 is 8.72. The Kier molecular flexibility index (Phi) is 6.78. The van der Waals surface area contributed by atoms with E-state index in [4.69, 9.17) is 4.74 Å². The quantitative estimate of drug-likeness (QED) is 0.498. The smallest absolute Gasteiger partial charge is 0.275 e. The molecule has 2 bridgehead atoms. The highest BCUT2D eigenvalue weighted by Gasteiger charge is 2.39. The van der Waals surface area contributed by atoms with Crippen molar-refractivity contribution in [1.29, 1.82) is 0 Å². The Balaban J connectivity index is 1.32. The number of aromatic nitrogens is 2. The Bertz CT molecular complexity index is 1210. The lowest BCUT2D eigenvalue weighted by Crippen LogP contribution is -2.43. The molecule has 0 saturated carbocycles. The Hall–Kier alpha value is -2.22. The number of nitrogens with zero attached hydrogens (tertiary/aromatic N) is 3. The highest BCUT2D eigenvalue weighted by Crippen LogP contribution is 2.36. The van der Waals surface area contributed by atoms with Crippen LogP contribution in [0.1, 0.15) is 62.3 Å². The summed E-state index contributed by atoms with van der Waals surface area (Å²) in [6, 6.07) is 9.24. The summed E-state index contributed by atoms with van der Waals surface area (Å²) in [7, 11) is 2.24. The molecule has 2 unspecified atom stereocenters. The normalized spacial score (nSPS) is 23.5. The second kappa shape index (κ2) is 9.80. The lowest BCUT2D eigenvalue weighted by atomic mass is 10.0. The Morgan fingerprint density at radius 2 is 1.97 bits per heavy atom. The number of aliphatic hydroxyl groups is 1. The average Bonchev–Trinajstić information content (AvgIpc) is 3.31. The number of rotatable bonds is 8. The van der Waals surface area contributed by atoms with Crippen molar-refractivity contribution in [3.05, 3.63) is 51.4 Å². The van der Waals surface area contributed by atoms with E-state index in [0.29, 0.717) is 23.2 Å². The van der Waals surface area contributed by atoms with Gasteiger partial charge in [0.15, 0.2) is 0 Å². The second-order valence-corrected chi connectivity index (χ2v) is 11.2. The predicted octanol–water partition coefficient (Wildman–Crippen LogP) is 4.85. The van der Waals surface area contributed by atoms with Gasteiger partial charge in [-0.1, -0.05) is 13.3 Å². The van der Waals surface area contributed by atoms with Gasteiger partial charge in [0.2, 0.25) is 0 Å². The largest absolute Gasteiger partial charge is 0.490 e. The molecule has 7 heteroatoms. The van der Waals surface area contributed by atoms with Crippen LogP contribution in [0.3, 0.4) is 0 Å². The van der Waals surface area contributed by atoms with Crippen molar-refractivity contribution in [3.63, 3.8) is 0 Å². The van der Waals surface area contributed by atoms with E-state index in [0.717, 1.165) is 59.5 Å². The van der Waals surface area contributed by atoms with E-state index in [-0.39, 0.29) is 17.8 Å². The third-order valence-corrected chi connectivity index (χ3v) is 8.79. The molecule has 1 aromatic carbocycles. The van der Waals surface area contributed by atoms with E-state index in [9.17, 15) is 9.90 Å². The van der Waals surface area contributed by atoms with Crippen molar-refractivity contribution in [2.45, 2.75) is 89.5 Å². The maximum Gasteiger partial charge on any atom is 0.275 e. The molecule has 0 aliphatic carbocycles.